The second-order valence-electron chi connectivity index (χ2n) is 9.98. The molecule has 0 aliphatic carbocycles. The number of hydrogen-bond acceptors (Lipinski definition) is 9. The highest BCUT2D eigenvalue weighted by atomic mass is 79.9. The maximum Gasteiger partial charge on any atom is 0.338 e. The fraction of sp³-hybridized carbons (Fsp3) is 0.242. The topological polar surface area (TPSA) is 97.6 Å². The Labute approximate surface area is 284 Å². The molecule has 240 valence electrons. The highest BCUT2D eigenvalue weighted by molar-refractivity contribution is 9.10. The Morgan fingerprint density at radius 3 is 2.33 bits per heavy atom. The van der Waals surface area contributed by atoms with Gasteiger partial charge in [0, 0.05) is 4.47 Å². The number of benzene rings is 3. The number of thiazole rings is 1. The third kappa shape index (κ3) is 6.62. The van der Waals surface area contributed by atoms with Crippen LogP contribution in [0, 0.1) is 5.82 Å². The molecule has 46 heavy (non-hydrogen) atoms. The SMILES string of the molecule is CCOC(=O)C1=C(C)N=c2s/c(=C\c3cc(Br)c(OCc4ccc(F)cc4)c(OC)c3)c(=O)n2[C@H]1c1cc(OC)c(OC)cc1Br. The molecule has 13 heteroatoms. The molecule has 0 unspecified atom stereocenters. The zero-order valence-corrected chi connectivity index (χ0v) is 29.5. The predicted octanol–water partition coefficient (Wildman–Crippen LogP) is 6.07. The smallest absolute Gasteiger partial charge is 0.338 e. The first kappa shape index (κ1) is 33.4. The van der Waals surface area contributed by atoms with Crippen LogP contribution in [-0.4, -0.2) is 38.5 Å². The average Bonchev–Trinajstić information content (AvgIpc) is 3.33. The van der Waals surface area contributed by atoms with Crippen LogP contribution in [0.25, 0.3) is 6.08 Å². The van der Waals surface area contributed by atoms with Gasteiger partial charge in [0.05, 0.1) is 54.3 Å². The summed E-state index contributed by atoms with van der Waals surface area (Å²) in [5.74, 6) is 0.899. The lowest BCUT2D eigenvalue weighted by atomic mass is 9.95. The molecule has 0 saturated carbocycles. The van der Waals surface area contributed by atoms with Crippen LogP contribution < -0.4 is 33.8 Å². The van der Waals surface area contributed by atoms with Crippen LogP contribution in [0.4, 0.5) is 4.39 Å². The number of carbonyl (C=O) groups is 1. The van der Waals surface area contributed by atoms with E-state index >= 15 is 0 Å². The number of hydrogen-bond donors (Lipinski definition) is 0. The summed E-state index contributed by atoms with van der Waals surface area (Å²) in [6.07, 6.45) is 1.73. The van der Waals surface area contributed by atoms with Gasteiger partial charge in [-0.3, -0.25) is 9.36 Å². The molecule has 0 saturated heterocycles. The molecule has 1 aliphatic heterocycles. The molecule has 1 aliphatic rings. The third-order valence-electron chi connectivity index (χ3n) is 7.16. The predicted molar refractivity (Wildman–Crippen MR) is 179 cm³/mol. The Morgan fingerprint density at radius 1 is 1.00 bits per heavy atom. The van der Waals surface area contributed by atoms with E-state index in [0.29, 0.717) is 58.1 Å². The van der Waals surface area contributed by atoms with E-state index in [9.17, 15) is 14.0 Å². The van der Waals surface area contributed by atoms with E-state index in [0.717, 1.165) is 5.56 Å². The van der Waals surface area contributed by atoms with E-state index in [1.165, 1.54) is 49.4 Å². The van der Waals surface area contributed by atoms with Crippen molar-refractivity contribution in [1.29, 1.82) is 0 Å². The Balaban J connectivity index is 1.62. The molecule has 9 nitrogen and oxygen atoms in total. The minimum Gasteiger partial charge on any atom is -0.493 e. The summed E-state index contributed by atoms with van der Waals surface area (Å²) in [7, 11) is 4.56. The summed E-state index contributed by atoms with van der Waals surface area (Å²) < 4.78 is 44.4. The van der Waals surface area contributed by atoms with E-state index in [-0.39, 0.29) is 30.2 Å². The molecule has 0 radical (unpaired) electrons. The molecule has 0 fully saturated rings. The number of carbonyl (C=O) groups excluding carboxylic acids is 1. The van der Waals surface area contributed by atoms with Crippen LogP contribution in [0.2, 0.25) is 0 Å². The highest BCUT2D eigenvalue weighted by Crippen LogP contribution is 2.41. The first-order valence-electron chi connectivity index (χ1n) is 14.0. The number of methoxy groups -OCH3 is 3. The van der Waals surface area contributed by atoms with Crippen LogP contribution in [0.1, 0.15) is 36.6 Å². The summed E-state index contributed by atoms with van der Waals surface area (Å²) in [5.41, 5.74) is 2.36. The number of ether oxygens (including phenoxy) is 5. The zero-order chi connectivity index (χ0) is 33.1. The number of rotatable bonds is 10. The van der Waals surface area contributed by atoms with Crippen molar-refractivity contribution in [2.45, 2.75) is 26.5 Å². The number of halogens is 3. The summed E-state index contributed by atoms with van der Waals surface area (Å²) in [6, 6.07) is 12.2. The van der Waals surface area contributed by atoms with E-state index in [2.05, 4.69) is 36.9 Å². The van der Waals surface area contributed by atoms with E-state index in [1.54, 1.807) is 56.3 Å². The molecule has 3 aromatic carbocycles. The number of fused-ring (bicyclic) bond motifs is 1. The molecule has 4 aromatic rings. The number of esters is 1. The number of allylic oxidation sites excluding steroid dienone is 1. The maximum absolute atomic E-state index is 14.2. The van der Waals surface area contributed by atoms with Crippen molar-refractivity contribution in [3.05, 3.63) is 111 Å². The Bertz CT molecular complexity index is 2020. The maximum atomic E-state index is 14.2. The van der Waals surface area contributed by atoms with Gasteiger partial charge < -0.3 is 23.7 Å². The zero-order valence-electron chi connectivity index (χ0n) is 25.5. The van der Waals surface area contributed by atoms with Crippen molar-refractivity contribution >= 4 is 55.2 Å². The van der Waals surface area contributed by atoms with Crippen LogP contribution in [0.15, 0.2) is 78.5 Å². The molecule has 1 aromatic heterocycles. The summed E-state index contributed by atoms with van der Waals surface area (Å²) >= 11 is 8.37. The average molecular weight is 776 g/mol. The quantitative estimate of drug-likeness (QED) is 0.181. The number of nitrogens with zero attached hydrogens (tertiary/aromatic N) is 2. The molecular formula is C33H29Br2FN2O7S. The van der Waals surface area contributed by atoms with E-state index in [1.807, 2.05) is 0 Å². The van der Waals surface area contributed by atoms with Gasteiger partial charge in [-0.05, 0) is 88.9 Å². The van der Waals surface area contributed by atoms with Crippen molar-refractivity contribution in [2.75, 3.05) is 27.9 Å². The first-order valence-corrected chi connectivity index (χ1v) is 16.4. The van der Waals surface area contributed by atoms with Gasteiger partial charge in [-0.1, -0.05) is 39.4 Å². The monoisotopic (exact) mass is 774 g/mol. The fourth-order valence-corrected chi connectivity index (χ4v) is 7.18. The molecule has 1 atom stereocenters. The molecular weight excluding hydrogens is 747 g/mol. The molecule has 0 amide bonds. The third-order valence-corrected chi connectivity index (χ3v) is 9.42. The van der Waals surface area contributed by atoms with Gasteiger partial charge >= 0.3 is 5.97 Å². The van der Waals surface area contributed by atoms with Crippen molar-refractivity contribution in [3.63, 3.8) is 0 Å². The molecule has 5 rings (SSSR count). The number of aromatic nitrogens is 1. The lowest BCUT2D eigenvalue weighted by molar-refractivity contribution is -0.139. The molecule has 2 heterocycles. The standard InChI is InChI=1S/C33H29Br2FN2O7S/c1-6-44-32(40)28-17(2)37-33-38(29(28)21-14-24(41-3)25(42-4)15-22(21)34)31(39)27(46-33)13-19-11-23(35)30(26(12-19)43-5)45-16-18-7-9-20(36)10-8-18/h7-15,29H,6,16H2,1-5H3/b27-13-/t29-/m0/s1. The van der Waals surface area contributed by atoms with Crippen molar-refractivity contribution in [1.82, 2.24) is 4.57 Å². The Morgan fingerprint density at radius 2 is 1.67 bits per heavy atom. The molecule has 0 spiro atoms. The highest BCUT2D eigenvalue weighted by Gasteiger charge is 2.35. The van der Waals surface area contributed by atoms with E-state index in [4.69, 9.17) is 23.7 Å². The van der Waals surface area contributed by atoms with E-state index < -0.39 is 12.0 Å². The van der Waals surface area contributed by atoms with Gasteiger partial charge in [-0.2, -0.15) is 0 Å². The summed E-state index contributed by atoms with van der Waals surface area (Å²) in [5, 5.41) is 0. The minimum absolute atomic E-state index is 0.153. The largest absolute Gasteiger partial charge is 0.493 e. The second kappa shape index (κ2) is 14.2. The summed E-state index contributed by atoms with van der Waals surface area (Å²) in [6.45, 7) is 3.79. The molecule has 0 N–H and O–H groups in total. The van der Waals surface area contributed by atoms with Crippen LogP contribution in [0.3, 0.4) is 0 Å². The van der Waals surface area contributed by atoms with Crippen LogP contribution in [-0.2, 0) is 16.1 Å². The van der Waals surface area contributed by atoms with Crippen molar-refractivity contribution < 1.29 is 32.9 Å². The van der Waals surface area contributed by atoms with Gasteiger partial charge in [0.25, 0.3) is 5.56 Å². The Kier molecular flexibility index (Phi) is 10.3. The Hall–Kier alpha value is -3.94. The lowest BCUT2D eigenvalue weighted by Crippen LogP contribution is -2.40. The second-order valence-corrected chi connectivity index (χ2v) is 12.7. The van der Waals surface area contributed by atoms with Crippen molar-refractivity contribution in [3.8, 4) is 23.0 Å². The van der Waals surface area contributed by atoms with Crippen LogP contribution >= 0.6 is 43.2 Å². The van der Waals surface area contributed by atoms with Gasteiger partial charge in [-0.15, -0.1) is 0 Å². The van der Waals surface area contributed by atoms with Crippen molar-refractivity contribution in [2.24, 2.45) is 4.99 Å². The van der Waals surface area contributed by atoms with Gasteiger partial charge in [0.2, 0.25) is 0 Å². The van der Waals surface area contributed by atoms with Crippen LogP contribution in [0.5, 0.6) is 23.0 Å². The van der Waals surface area contributed by atoms with Gasteiger partial charge in [-0.25, -0.2) is 14.2 Å². The van der Waals surface area contributed by atoms with Gasteiger partial charge in [0.1, 0.15) is 12.4 Å². The summed E-state index contributed by atoms with van der Waals surface area (Å²) in [4.78, 5) is 32.5. The minimum atomic E-state index is -0.866. The molecule has 0 bridgehead atoms. The normalized spacial score (nSPS) is 14.4. The fourth-order valence-electron chi connectivity index (χ4n) is 5.02. The lowest BCUT2D eigenvalue weighted by Gasteiger charge is -2.26. The first-order chi connectivity index (χ1) is 22.1. The van der Waals surface area contributed by atoms with Gasteiger partial charge in [0.15, 0.2) is 27.8 Å².